The maximum atomic E-state index is 13.4. The van der Waals surface area contributed by atoms with Crippen molar-refractivity contribution in [3.05, 3.63) is 75.0 Å². The minimum Gasteiger partial charge on any atom is -0.462 e. The topological polar surface area (TPSA) is 92.2 Å². The molecule has 0 radical (unpaired) electrons. The first-order chi connectivity index (χ1) is 15.5. The van der Waals surface area contributed by atoms with Gasteiger partial charge in [0.2, 0.25) is 5.71 Å². The van der Waals surface area contributed by atoms with Crippen LogP contribution in [-0.4, -0.2) is 31.9 Å². The predicted molar refractivity (Wildman–Crippen MR) is 114 cm³/mol. The maximum absolute atomic E-state index is 13.4. The largest absolute Gasteiger partial charge is 0.462 e. The smallest absolute Gasteiger partial charge is 0.342 e. The van der Waals surface area contributed by atoms with E-state index in [-0.39, 0.29) is 35.6 Å². The number of carbonyl (C=O) groups is 1. The van der Waals surface area contributed by atoms with E-state index in [4.69, 9.17) is 14.3 Å². The number of furan rings is 1. The third-order valence-corrected chi connectivity index (χ3v) is 5.74. The highest BCUT2D eigenvalue weighted by molar-refractivity contribution is 6.03. The molecule has 3 heterocycles. The van der Waals surface area contributed by atoms with Crippen molar-refractivity contribution >= 4 is 17.1 Å². The van der Waals surface area contributed by atoms with Crippen LogP contribution in [0, 0.1) is 12.7 Å². The molecule has 0 fully saturated rings. The molecule has 0 spiro atoms. The first-order valence-electron chi connectivity index (χ1n) is 10.5. The molecule has 0 aliphatic heterocycles. The second-order valence-corrected chi connectivity index (χ2v) is 7.73. The fourth-order valence-corrected chi connectivity index (χ4v) is 4.30. The Morgan fingerprint density at radius 1 is 1.25 bits per heavy atom. The van der Waals surface area contributed by atoms with E-state index in [9.17, 15) is 14.0 Å². The third kappa shape index (κ3) is 3.21. The van der Waals surface area contributed by atoms with Gasteiger partial charge in [0.15, 0.2) is 0 Å². The highest BCUT2D eigenvalue weighted by Crippen LogP contribution is 2.28. The molecule has 0 atom stereocenters. The number of nitrogens with zero attached hydrogens (tertiary/aromatic N) is 4. The number of aromatic nitrogens is 4. The molecule has 0 N–H and O–H groups in total. The Kier molecular flexibility index (Phi) is 4.88. The number of halogens is 1. The summed E-state index contributed by atoms with van der Waals surface area (Å²) in [4.78, 5) is 29.9. The SMILES string of the molecule is CCOC(=O)c1c(C)oc2ncn(Cc3nn(-c4ccc(F)cc4)c4c3CCC4)c(=O)c12. The van der Waals surface area contributed by atoms with Gasteiger partial charge in [0, 0.05) is 5.69 Å². The molecule has 0 saturated heterocycles. The van der Waals surface area contributed by atoms with Crippen molar-refractivity contribution in [1.82, 2.24) is 19.3 Å². The molecule has 32 heavy (non-hydrogen) atoms. The molecule has 1 aliphatic rings. The van der Waals surface area contributed by atoms with Gasteiger partial charge in [-0.15, -0.1) is 0 Å². The number of rotatable bonds is 5. The van der Waals surface area contributed by atoms with Crippen LogP contribution in [0.15, 0.2) is 39.8 Å². The van der Waals surface area contributed by atoms with E-state index >= 15 is 0 Å². The average molecular weight is 436 g/mol. The van der Waals surface area contributed by atoms with E-state index in [1.54, 1.807) is 26.0 Å². The van der Waals surface area contributed by atoms with Crippen LogP contribution < -0.4 is 5.56 Å². The summed E-state index contributed by atoms with van der Waals surface area (Å²) in [5.74, 6) is -0.624. The van der Waals surface area contributed by atoms with Gasteiger partial charge in [-0.05, 0) is 62.9 Å². The van der Waals surface area contributed by atoms with Gasteiger partial charge in [-0.2, -0.15) is 5.10 Å². The van der Waals surface area contributed by atoms with Crippen LogP contribution in [0.25, 0.3) is 16.8 Å². The van der Waals surface area contributed by atoms with Gasteiger partial charge in [-0.25, -0.2) is 18.9 Å². The van der Waals surface area contributed by atoms with Crippen molar-refractivity contribution < 1.29 is 18.3 Å². The number of hydrogen-bond acceptors (Lipinski definition) is 6. The van der Waals surface area contributed by atoms with Gasteiger partial charge in [0.1, 0.15) is 28.9 Å². The summed E-state index contributed by atoms with van der Waals surface area (Å²) >= 11 is 0. The summed E-state index contributed by atoms with van der Waals surface area (Å²) in [5, 5.41) is 4.84. The molecule has 0 amide bonds. The van der Waals surface area contributed by atoms with Gasteiger partial charge in [-0.3, -0.25) is 9.36 Å². The van der Waals surface area contributed by atoms with Crippen molar-refractivity contribution in [2.75, 3.05) is 6.61 Å². The number of hydrogen-bond donors (Lipinski definition) is 0. The van der Waals surface area contributed by atoms with E-state index in [1.165, 1.54) is 23.0 Å². The van der Waals surface area contributed by atoms with Gasteiger partial charge in [-0.1, -0.05) is 0 Å². The van der Waals surface area contributed by atoms with Crippen molar-refractivity contribution in [2.45, 2.75) is 39.7 Å². The van der Waals surface area contributed by atoms with Crippen molar-refractivity contribution in [3.8, 4) is 5.69 Å². The van der Waals surface area contributed by atoms with Crippen LogP contribution in [0.3, 0.4) is 0 Å². The van der Waals surface area contributed by atoms with Crippen molar-refractivity contribution in [2.24, 2.45) is 0 Å². The molecule has 9 heteroatoms. The summed E-state index contributed by atoms with van der Waals surface area (Å²) in [6.45, 7) is 3.69. The quantitative estimate of drug-likeness (QED) is 0.446. The van der Waals surface area contributed by atoms with Gasteiger partial charge in [0.05, 0.1) is 24.5 Å². The molecule has 4 aromatic rings. The molecule has 164 valence electrons. The van der Waals surface area contributed by atoms with Gasteiger partial charge < -0.3 is 9.15 Å². The number of benzene rings is 1. The average Bonchev–Trinajstić information content (AvgIpc) is 3.45. The predicted octanol–water partition coefficient (Wildman–Crippen LogP) is 3.34. The molecule has 3 aromatic heterocycles. The Morgan fingerprint density at radius 3 is 2.78 bits per heavy atom. The number of aryl methyl sites for hydroxylation is 1. The molecule has 8 nitrogen and oxygen atoms in total. The molecule has 0 saturated carbocycles. The molecular formula is C23H21FN4O4. The normalized spacial score (nSPS) is 13.0. The molecule has 1 aromatic carbocycles. The second kappa shape index (κ2) is 7.74. The highest BCUT2D eigenvalue weighted by atomic mass is 19.1. The zero-order valence-electron chi connectivity index (χ0n) is 17.7. The lowest BCUT2D eigenvalue weighted by Crippen LogP contribution is -2.23. The number of ether oxygens (including phenoxy) is 1. The fraction of sp³-hybridized carbons (Fsp3) is 0.304. The van der Waals surface area contributed by atoms with Crippen LogP contribution >= 0.6 is 0 Å². The first-order valence-corrected chi connectivity index (χ1v) is 10.5. The monoisotopic (exact) mass is 436 g/mol. The zero-order valence-corrected chi connectivity index (χ0v) is 17.7. The molecular weight excluding hydrogens is 415 g/mol. The molecule has 1 aliphatic carbocycles. The highest BCUT2D eigenvalue weighted by Gasteiger charge is 2.26. The second-order valence-electron chi connectivity index (χ2n) is 7.73. The standard InChI is InChI=1S/C23H21FN4O4/c1-3-31-23(30)19-13(2)32-21-20(19)22(29)27(12-25-21)11-17-16-5-4-6-18(16)28(26-17)15-9-7-14(24)8-10-15/h7-10,12H,3-6,11H2,1-2H3. The Hall–Kier alpha value is -3.75. The minimum absolute atomic E-state index is 0.105. The van der Waals surface area contributed by atoms with Crippen LogP contribution in [0.5, 0.6) is 0 Å². The van der Waals surface area contributed by atoms with Gasteiger partial charge >= 0.3 is 5.97 Å². The van der Waals surface area contributed by atoms with Crippen molar-refractivity contribution in [3.63, 3.8) is 0 Å². The minimum atomic E-state index is -0.609. The molecule has 0 bridgehead atoms. The van der Waals surface area contributed by atoms with E-state index in [0.717, 1.165) is 41.9 Å². The molecule has 0 unspecified atom stereocenters. The summed E-state index contributed by atoms with van der Waals surface area (Å²) in [7, 11) is 0. The van der Waals surface area contributed by atoms with Gasteiger partial charge in [0.25, 0.3) is 5.56 Å². The summed E-state index contributed by atoms with van der Waals surface area (Å²) in [6, 6.07) is 6.17. The lowest BCUT2D eigenvalue weighted by Gasteiger charge is -2.06. The Labute approximate surface area is 182 Å². The van der Waals surface area contributed by atoms with E-state index in [1.807, 2.05) is 4.68 Å². The van der Waals surface area contributed by atoms with Crippen LogP contribution in [-0.2, 0) is 24.1 Å². The van der Waals surface area contributed by atoms with Crippen LogP contribution in [0.4, 0.5) is 4.39 Å². The van der Waals surface area contributed by atoms with E-state index < -0.39 is 11.5 Å². The first kappa shape index (κ1) is 20.2. The fourth-order valence-electron chi connectivity index (χ4n) is 4.30. The Balaban J connectivity index is 1.58. The zero-order chi connectivity index (χ0) is 22.4. The van der Waals surface area contributed by atoms with Crippen LogP contribution in [0.1, 0.15) is 46.4 Å². The van der Waals surface area contributed by atoms with Crippen LogP contribution in [0.2, 0.25) is 0 Å². The lowest BCUT2D eigenvalue weighted by molar-refractivity contribution is 0.0526. The number of fused-ring (bicyclic) bond motifs is 2. The van der Waals surface area contributed by atoms with Crippen molar-refractivity contribution in [1.29, 1.82) is 0 Å². The summed E-state index contributed by atoms with van der Waals surface area (Å²) in [6.07, 6.45) is 4.11. The maximum Gasteiger partial charge on any atom is 0.342 e. The number of esters is 1. The van der Waals surface area contributed by atoms with E-state index in [2.05, 4.69) is 4.98 Å². The van der Waals surface area contributed by atoms with E-state index in [0.29, 0.717) is 5.76 Å². The summed E-state index contributed by atoms with van der Waals surface area (Å²) < 4.78 is 27.2. The lowest BCUT2D eigenvalue weighted by atomic mass is 10.2. The number of carbonyl (C=O) groups excluding carboxylic acids is 1. The Morgan fingerprint density at radius 2 is 2.03 bits per heavy atom. The Bertz CT molecular complexity index is 1400. The molecule has 5 rings (SSSR count). The summed E-state index contributed by atoms with van der Waals surface area (Å²) in [5.41, 5.74) is 3.51. The third-order valence-electron chi connectivity index (χ3n) is 5.74.